The molecular formula is C24H19FN4O. The topological polar surface area (TPSA) is 48.3 Å². The lowest BCUT2D eigenvalue weighted by Gasteiger charge is -2.34. The molecule has 0 fully saturated rings. The maximum Gasteiger partial charge on any atom is 0.185 e. The second kappa shape index (κ2) is 6.57. The number of hydrogen-bond acceptors (Lipinski definition) is 5. The fraction of sp³-hybridized carbons (Fsp3) is 0.208. The van der Waals surface area contributed by atoms with Gasteiger partial charge in [0, 0.05) is 31.4 Å². The summed E-state index contributed by atoms with van der Waals surface area (Å²) in [6.45, 7) is 2.60. The van der Waals surface area contributed by atoms with Crippen LogP contribution in [0.4, 0.5) is 10.1 Å². The number of hydrogen-bond donors (Lipinski definition) is 0. The zero-order valence-corrected chi connectivity index (χ0v) is 16.3. The number of amidine groups is 2. The maximum absolute atomic E-state index is 13.6. The number of carbonyl (C=O) groups is 1. The van der Waals surface area contributed by atoms with Gasteiger partial charge in [-0.1, -0.05) is 24.3 Å². The van der Waals surface area contributed by atoms with Gasteiger partial charge < -0.3 is 0 Å². The fourth-order valence-electron chi connectivity index (χ4n) is 4.60. The Balaban J connectivity index is 1.29. The summed E-state index contributed by atoms with van der Waals surface area (Å²) < 4.78 is 13.6. The molecule has 2 aromatic carbocycles. The van der Waals surface area contributed by atoms with Crippen molar-refractivity contribution >= 4 is 23.1 Å². The average molecular weight is 398 g/mol. The third-order valence-corrected chi connectivity index (χ3v) is 6.06. The van der Waals surface area contributed by atoms with Gasteiger partial charge in [0.2, 0.25) is 0 Å². The summed E-state index contributed by atoms with van der Waals surface area (Å²) >= 11 is 0. The van der Waals surface area contributed by atoms with Gasteiger partial charge in [-0.15, -0.1) is 0 Å². The van der Waals surface area contributed by atoms with E-state index in [1.807, 2.05) is 35.2 Å². The summed E-state index contributed by atoms with van der Waals surface area (Å²) in [6.07, 6.45) is 7.07. The van der Waals surface area contributed by atoms with Crippen LogP contribution in [-0.4, -0.2) is 46.9 Å². The van der Waals surface area contributed by atoms with Crippen LogP contribution in [0, 0.1) is 5.82 Å². The lowest BCUT2D eigenvalue weighted by molar-refractivity contribution is 0.0999. The van der Waals surface area contributed by atoms with Crippen LogP contribution in [0.25, 0.3) is 0 Å². The third-order valence-electron chi connectivity index (χ3n) is 6.06. The van der Waals surface area contributed by atoms with Crippen molar-refractivity contribution < 1.29 is 9.18 Å². The van der Waals surface area contributed by atoms with Crippen molar-refractivity contribution in [2.45, 2.75) is 13.0 Å². The van der Waals surface area contributed by atoms with E-state index < -0.39 is 0 Å². The Labute approximate surface area is 173 Å². The number of ketones is 1. The number of nitrogens with zero attached hydrogens (tertiary/aromatic N) is 4. The molecule has 30 heavy (non-hydrogen) atoms. The molecule has 2 aromatic rings. The quantitative estimate of drug-likeness (QED) is 0.776. The van der Waals surface area contributed by atoms with Gasteiger partial charge in [-0.25, -0.2) is 9.38 Å². The maximum atomic E-state index is 13.6. The van der Waals surface area contributed by atoms with Gasteiger partial charge in [-0.05, 0) is 47.4 Å². The molecule has 4 aliphatic heterocycles. The first kappa shape index (κ1) is 17.5. The minimum atomic E-state index is -0.180. The van der Waals surface area contributed by atoms with E-state index in [2.05, 4.69) is 22.2 Å². The Morgan fingerprint density at radius 1 is 1.10 bits per heavy atom. The normalized spacial score (nSPS) is 19.4. The van der Waals surface area contributed by atoms with Gasteiger partial charge in [-0.3, -0.25) is 19.6 Å². The van der Waals surface area contributed by atoms with Crippen LogP contribution in [0.1, 0.15) is 27.0 Å². The highest BCUT2D eigenvalue weighted by Gasteiger charge is 2.32. The van der Waals surface area contributed by atoms with E-state index in [-0.39, 0.29) is 18.1 Å². The van der Waals surface area contributed by atoms with Gasteiger partial charge in [0.15, 0.2) is 5.78 Å². The van der Waals surface area contributed by atoms with Crippen molar-refractivity contribution in [1.29, 1.82) is 0 Å². The zero-order valence-electron chi connectivity index (χ0n) is 16.3. The summed E-state index contributed by atoms with van der Waals surface area (Å²) in [7, 11) is 0. The summed E-state index contributed by atoms with van der Waals surface area (Å²) in [6, 6.07) is 10.7. The Kier molecular flexibility index (Phi) is 3.83. The molecule has 0 radical (unpaired) electrons. The number of Topliss-reactive ketones (excluding diaryl/α,β-unsaturated/α-hetero) is 1. The summed E-state index contributed by atoms with van der Waals surface area (Å²) in [4.78, 5) is 25.9. The Morgan fingerprint density at radius 3 is 2.97 bits per heavy atom. The van der Waals surface area contributed by atoms with Gasteiger partial charge in [0.25, 0.3) is 0 Å². The first-order valence-electron chi connectivity index (χ1n) is 10.1. The number of aliphatic imine (C=N–C) groups is 2. The largest absolute Gasteiger partial charge is 0.294 e. The van der Waals surface area contributed by atoms with Crippen LogP contribution in [0.2, 0.25) is 0 Å². The predicted octanol–water partition coefficient (Wildman–Crippen LogP) is 3.63. The van der Waals surface area contributed by atoms with Crippen LogP contribution in [0.3, 0.4) is 0 Å². The van der Waals surface area contributed by atoms with E-state index in [4.69, 9.17) is 4.99 Å². The number of carbonyl (C=O) groups excluding carboxylic acids is 1. The van der Waals surface area contributed by atoms with Crippen molar-refractivity contribution in [1.82, 2.24) is 9.80 Å². The van der Waals surface area contributed by atoms with Crippen molar-refractivity contribution in [2.24, 2.45) is 9.98 Å². The highest BCUT2D eigenvalue weighted by Crippen LogP contribution is 2.34. The minimum Gasteiger partial charge on any atom is -0.294 e. The molecule has 0 amide bonds. The lowest BCUT2D eigenvalue weighted by atomic mass is 9.95. The number of rotatable bonds is 2. The van der Waals surface area contributed by atoms with Crippen molar-refractivity contribution in [2.75, 3.05) is 19.6 Å². The molecule has 0 aliphatic carbocycles. The highest BCUT2D eigenvalue weighted by molar-refractivity contribution is 6.25. The minimum absolute atomic E-state index is 0.0326. The Bertz CT molecular complexity index is 1220. The molecule has 5 nitrogen and oxygen atoms in total. The Morgan fingerprint density at radius 2 is 2.03 bits per heavy atom. The smallest absolute Gasteiger partial charge is 0.185 e. The van der Waals surface area contributed by atoms with E-state index in [1.165, 1.54) is 5.56 Å². The van der Waals surface area contributed by atoms with Gasteiger partial charge >= 0.3 is 0 Å². The predicted molar refractivity (Wildman–Crippen MR) is 114 cm³/mol. The summed E-state index contributed by atoms with van der Waals surface area (Å²) in [5, 5.41) is 0. The van der Waals surface area contributed by atoms with Crippen LogP contribution < -0.4 is 0 Å². The molecule has 6 rings (SSSR count). The van der Waals surface area contributed by atoms with Gasteiger partial charge in [-0.2, -0.15) is 0 Å². The standard InChI is InChI=1S/C24H19FN4O/c25-18-6-5-16-8-9-28(14-17(16)10-18)12-15-4-7-22-27-20-3-1-2-19-21(30)11-26-24(23(19)20)29(22)13-15/h1-7,10,13H,8-9,11-12,14H2. The molecule has 0 saturated heterocycles. The second-order valence-corrected chi connectivity index (χ2v) is 8.01. The molecule has 6 heteroatoms. The van der Waals surface area contributed by atoms with E-state index >= 15 is 0 Å². The Hall–Kier alpha value is -3.38. The van der Waals surface area contributed by atoms with Crippen LogP contribution in [0.15, 0.2) is 70.3 Å². The summed E-state index contributed by atoms with van der Waals surface area (Å²) in [5.74, 6) is 1.45. The van der Waals surface area contributed by atoms with Crippen LogP contribution >= 0.6 is 0 Å². The third kappa shape index (κ3) is 2.75. The van der Waals surface area contributed by atoms with Crippen molar-refractivity contribution in [3.05, 3.63) is 88.4 Å². The fourth-order valence-corrected chi connectivity index (χ4v) is 4.60. The first-order valence-corrected chi connectivity index (χ1v) is 10.1. The van der Waals surface area contributed by atoms with E-state index in [0.29, 0.717) is 5.56 Å². The molecule has 0 atom stereocenters. The van der Waals surface area contributed by atoms with Crippen LogP contribution in [-0.2, 0) is 13.0 Å². The molecule has 4 heterocycles. The van der Waals surface area contributed by atoms with Gasteiger partial charge in [0.1, 0.15) is 24.0 Å². The number of fused-ring (bicyclic) bond motifs is 3. The lowest BCUT2D eigenvalue weighted by Crippen LogP contribution is -2.40. The first-order chi connectivity index (χ1) is 14.7. The van der Waals surface area contributed by atoms with Gasteiger partial charge in [0.05, 0.1) is 11.3 Å². The second-order valence-electron chi connectivity index (χ2n) is 8.01. The van der Waals surface area contributed by atoms with Crippen LogP contribution in [0.5, 0.6) is 0 Å². The zero-order chi connectivity index (χ0) is 20.2. The van der Waals surface area contributed by atoms with E-state index in [1.54, 1.807) is 12.1 Å². The van der Waals surface area contributed by atoms with E-state index in [0.717, 1.165) is 60.1 Å². The van der Waals surface area contributed by atoms with Crippen molar-refractivity contribution in [3.8, 4) is 0 Å². The summed E-state index contributed by atoms with van der Waals surface area (Å²) in [5.41, 5.74) is 5.74. The number of benzene rings is 2. The average Bonchev–Trinajstić information content (AvgIpc) is 2.76. The molecule has 0 N–H and O–H groups in total. The molecule has 0 unspecified atom stereocenters. The molecule has 0 spiro atoms. The number of halogens is 1. The van der Waals surface area contributed by atoms with Crippen molar-refractivity contribution in [3.63, 3.8) is 0 Å². The van der Waals surface area contributed by atoms with E-state index in [9.17, 15) is 9.18 Å². The SMILES string of the molecule is O=C1CN=C2c3c(cccc31)N=C1C=CC(CN3CCc4ccc(F)cc4C3)=CN12. The molecule has 0 saturated carbocycles. The molecule has 148 valence electrons. The molecule has 0 aromatic heterocycles. The highest BCUT2D eigenvalue weighted by atomic mass is 19.1. The molecule has 4 aliphatic rings. The molecular weight excluding hydrogens is 379 g/mol. The molecule has 0 bridgehead atoms. The monoisotopic (exact) mass is 398 g/mol.